The molecule has 2 heterocycles. The van der Waals surface area contributed by atoms with E-state index in [4.69, 9.17) is 4.74 Å². The Balaban J connectivity index is 1.19. The maximum absolute atomic E-state index is 13.0. The highest BCUT2D eigenvalue weighted by Gasteiger charge is 2.24. The Hall–Kier alpha value is -3.18. The van der Waals surface area contributed by atoms with Crippen LogP contribution in [0.3, 0.4) is 0 Å². The molecule has 1 aliphatic rings. The lowest BCUT2D eigenvalue weighted by atomic mass is 10.3. The van der Waals surface area contributed by atoms with Gasteiger partial charge in [-0.15, -0.1) is 10.2 Å². The number of halogens is 1. The summed E-state index contributed by atoms with van der Waals surface area (Å²) in [7, 11) is 0. The van der Waals surface area contributed by atoms with Gasteiger partial charge < -0.3 is 19.9 Å². The van der Waals surface area contributed by atoms with Crippen molar-refractivity contribution in [3.63, 3.8) is 0 Å². The van der Waals surface area contributed by atoms with Crippen molar-refractivity contribution in [2.75, 3.05) is 48.8 Å². The van der Waals surface area contributed by atoms with E-state index in [1.807, 2.05) is 30.3 Å². The number of nitrogens with one attached hydrogen (secondary N) is 1. The van der Waals surface area contributed by atoms with Gasteiger partial charge >= 0.3 is 0 Å². The SMILES string of the molecule is O=C(CSc1nnc(N2CCN(C(=O)COc3ccc(F)cc3)CC2)s1)Nc1ccccc1. The van der Waals surface area contributed by atoms with Crippen LogP contribution in [0, 0.1) is 5.82 Å². The fourth-order valence-electron chi connectivity index (χ4n) is 3.15. The van der Waals surface area contributed by atoms with Crippen LogP contribution in [0.4, 0.5) is 15.2 Å². The van der Waals surface area contributed by atoms with Crippen molar-refractivity contribution < 1.29 is 18.7 Å². The van der Waals surface area contributed by atoms with E-state index in [0.717, 1.165) is 15.2 Å². The van der Waals surface area contributed by atoms with Gasteiger partial charge in [0.1, 0.15) is 11.6 Å². The van der Waals surface area contributed by atoms with Gasteiger partial charge in [0.2, 0.25) is 11.0 Å². The summed E-state index contributed by atoms with van der Waals surface area (Å²) in [6.45, 7) is 2.28. The van der Waals surface area contributed by atoms with Crippen LogP contribution in [-0.2, 0) is 9.59 Å². The molecule has 0 bridgehead atoms. The second-order valence-electron chi connectivity index (χ2n) is 7.16. The number of hydrogen-bond acceptors (Lipinski definition) is 8. The summed E-state index contributed by atoms with van der Waals surface area (Å²) < 4.78 is 19.1. The summed E-state index contributed by atoms with van der Waals surface area (Å²) in [5, 5.41) is 12.0. The average molecular weight is 488 g/mol. The molecule has 1 aromatic heterocycles. The molecule has 0 aliphatic carbocycles. The van der Waals surface area contributed by atoms with Crippen LogP contribution in [0.15, 0.2) is 58.9 Å². The number of hydrogen-bond donors (Lipinski definition) is 1. The lowest BCUT2D eigenvalue weighted by Crippen LogP contribution is -2.50. The molecule has 1 saturated heterocycles. The lowest BCUT2D eigenvalue weighted by Gasteiger charge is -2.34. The van der Waals surface area contributed by atoms with Crippen molar-refractivity contribution in [2.45, 2.75) is 4.34 Å². The number of nitrogens with zero attached hydrogens (tertiary/aromatic N) is 4. The minimum absolute atomic E-state index is 0.0870. The predicted molar refractivity (Wildman–Crippen MR) is 126 cm³/mol. The third kappa shape index (κ3) is 6.65. The van der Waals surface area contributed by atoms with Crippen molar-refractivity contribution in [1.82, 2.24) is 15.1 Å². The maximum atomic E-state index is 13.0. The maximum Gasteiger partial charge on any atom is 0.260 e. The lowest BCUT2D eigenvalue weighted by molar-refractivity contribution is -0.133. The van der Waals surface area contributed by atoms with Crippen LogP contribution in [0.5, 0.6) is 5.75 Å². The Morgan fingerprint density at radius 1 is 1.03 bits per heavy atom. The summed E-state index contributed by atoms with van der Waals surface area (Å²) >= 11 is 2.78. The monoisotopic (exact) mass is 487 g/mol. The summed E-state index contributed by atoms with van der Waals surface area (Å²) in [5.41, 5.74) is 0.761. The summed E-state index contributed by atoms with van der Waals surface area (Å²) in [4.78, 5) is 28.3. The van der Waals surface area contributed by atoms with E-state index in [-0.39, 0.29) is 30.0 Å². The number of piperazine rings is 1. The van der Waals surface area contributed by atoms with Gasteiger partial charge in [-0.05, 0) is 36.4 Å². The first-order valence-electron chi connectivity index (χ1n) is 10.3. The van der Waals surface area contributed by atoms with E-state index < -0.39 is 0 Å². The van der Waals surface area contributed by atoms with Crippen LogP contribution in [0.1, 0.15) is 0 Å². The molecule has 8 nitrogen and oxygen atoms in total. The Bertz CT molecular complexity index is 1070. The first kappa shape index (κ1) is 23.0. The van der Waals surface area contributed by atoms with E-state index in [9.17, 15) is 14.0 Å². The number of para-hydroxylation sites is 1. The minimum Gasteiger partial charge on any atom is -0.484 e. The molecule has 4 rings (SSSR count). The first-order chi connectivity index (χ1) is 16.1. The van der Waals surface area contributed by atoms with E-state index in [1.54, 1.807) is 4.90 Å². The summed E-state index contributed by atoms with van der Waals surface area (Å²) in [6.07, 6.45) is 0. The molecule has 0 radical (unpaired) electrons. The zero-order valence-corrected chi connectivity index (χ0v) is 19.3. The van der Waals surface area contributed by atoms with E-state index in [0.29, 0.717) is 31.9 Å². The van der Waals surface area contributed by atoms with Crippen LogP contribution in [0.25, 0.3) is 0 Å². The number of aromatic nitrogens is 2. The second kappa shape index (κ2) is 11.1. The molecule has 0 spiro atoms. The molecule has 11 heteroatoms. The number of rotatable bonds is 8. The van der Waals surface area contributed by atoms with Crippen LogP contribution >= 0.6 is 23.1 Å². The highest BCUT2D eigenvalue weighted by atomic mass is 32.2. The number of carbonyl (C=O) groups is 2. The molecule has 0 atom stereocenters. The van der Waals surface area contributed by atoms with Crippen LogP contribution in [0.2, 0.25) is 0 Å². The smallest absolute Gasteiger partial charge is 0.260 e. The standard InChI is InChI=1S/C22H22FN5O3S2/c23-16-6-8-18(9-7-16)31-14-20(30)27-10-12-28(13-11-27)21-25-26-22(33-21)32-15-19(29)24-17-4-2-1-3-5-17/h1-9H,10-15H2,(H,24,29). The highest BCUT2D eigenvalue weighted by Crippen LogP contribution is 2.28. The van der Waals surface area contributed by atoms with Crippen LogP contribution < -0.4 is 15.0 Å². The van der Waals surface area contributed by atoms with Gasteiger partial charge in [-0.25, -0.2) is 4.39 Å². The molecule has 0 saturated carbocycles. The third-order valence-corrected chi connectivity index (χ3v) is 6.98. The summed E-state index contributed by atoms with van der Waals surface area (Å²) in [5.74, 6) is 0.146. The number of thioether (sulfide) groups is 1. The van der Waals surface area contributed by atoms with E-state index >= 15 is 0 Å². The molecule has 1 aliphatic heterocycles. The van der Waals surface area contributed by atoms with E-state index in [2.05, 4.69) is 20.4 Å². The largest absolute Gasteiger partial charge is 0.484 e. The second-order valence-corrected chi connectivity index (χ2v) is 9.34. The molecule has 2 amide bonds. The fraction of sp³-hybridized carbons (Fsp3) is 0.273. The van der Waals surface area contributed by atoms with Crippen molar-refractivity contribution in [1.29, 1.82) is 0 Å². The van der Waals surface area contributed by atoms with Gasteiger partial charge in [0.05, 0.1) is 5.75 Å². The predicted octanol–water partition coefficient (Wildman–Crippen LogP) is 3.14. The molecule has 2 aromatic carbocycles. The van der Waals surface area contributed by atoms with Gasteiger partial charge in [-0.1, -0.05) is 41.3 Å². The van der Waals surface area contributed by atoms with Gasteiger partial charge in [-0.2, -0.15) is 0 Å². The zero-order valence-electron chi connectivity index (χ0n) is 17.6. The van der Waals surface area contributed by atoms with Crippen molar-refractivity contribution in [2.24, 2.45) is 0 Å². The number of amides is 2. The Labute approximate surface area is 198 Å². The number of carbonyl (C=O) groups excluding carboxylic acids is 2. The normalized spacial score (nSPS) is 13.6. The molecule has 3 aromatic rings. The van der Waals surface area contributed by atoms with Gasteiger partial charge in [0.15, 0.2) is 10.9 Å². The Morgan fingerprint density at radius 3 is 2.48 bits per heavy atom. The topological polar surface area (TPSA) is 87.7 Å². The number of benzene rings is 2. The average Bonchev–Trinajstić information content (AvgIpc) is 3.32. The quantitative estimate of drug-likeness (QED) is 0.489. The number of ether oxygens (including phenoxy) is 1. The molecular weight excluding hydrogens is 465 g/mol. The Morgan fingerprint density at radius 2 is 1.76 bits per heavy atom. The minimum atomic E-state index is -0.349. The first-order valence-corrected chi connectivity index (χ1v) is 12.1. The third-order valence-electron chi connectivity index (χ3n) is 4.86. The number of anilines is 2. The molecule has 1 N–H and O–H groups in total. The summed E-state index contributed by atoms with van der Waals surface area (Å²) in [6, 6.07) is 14.9. The zero-order chi connectivity index (χ0) is 23.0. The van der Waals surface area contributed by atoms with Crippen molar-refractivity contribution in [3.05, 3.63) is 60.4 Å². The van der Waals surface area contributed by atoms with Gasteiger partial charge in [0, 0.05) is 31.9 Å². The molecule has 1 fully saturated rings. The van der Waals surface area contributed by atoms with Gasteiger partial charge in [0.25, 0.3) is 5.91 Å². The molecule has 0 unspecified atom stereocenters. The highest BCUT2D eigenvalue weighted by molar-refractivity contribution is 8.01. The molecule has 172 valence electrons. The fourth-order valence-corrected chi connectivity index (χ4v) is 4.84. The van der Waals surface area contributed by atoms with Crippen LogP contribution in [-0.4, -0.2) is 65.5 Å². The Kier molecular flexibility index (Phi) is 7.74. The van der Waals surface area contributed by atoms with Crippen molar-refractivity contribution in [3.8, 4) is 5.75 Å². The molecular formula is C22H22FN5O3S2. The van der Waals surface area contributed by atoms with E-state index in [1.165, 1.54) is 47.4 Å². The van der Waals surface area contributed by atoms with Gasteiger partial charge in [-0.3, -0.25) is 9.59 Å². The molecule has 33 heavy (non-hydrogen) atoms. The van der Waals surface area contributed by atoms with Crippen molar-refractivity contribution >= 4 is 45.7 Å².